The molecule has 1 amide bonds. The van der Waals surface area contributed by atoms with Gasteiger partial charge >= 0.3 is 0 Å². The number of carbonyl (C=O) groups excluding carboxylic acids is 2. The lowest BCUT2D eigenvalue weighted by molar-refractivity contribution is -0.132. The Balaban J connectivity index is 1.90. The molecule has 4 rings (SSSR count). The predicted octanol–water partition coefficient (Wildman–Crippen LogP) is 5.42. The van der Waals surface area contributed by atoms with E-state index in [-0.39, 0.29) is 17.4 Å². The van der Waals surface area contributed by atoms with E-state index in [0.29, 0.717) is 28.3 Å². The summed E-state index contributed by atoms with van der Waals surface area (Å²) in [6, 6.07) is 20.5. The van der Waals surface area contributed by atoms with Crippen molar-refractivity contribution in [3.8, 4) is 11.5 Å². The number of aryl methyl sites for hydroxylation is 1. The third-order valence-corrected chi connectivity index (χ3v) is 5.70. The van der Waals surface area contributed by atoms with Gasteiger partial charge in [0, 0.05) is 11.3 Å². The molecule has 1 unspecified atom stereocenters. The number of carbonyl (C=O) groups is 2. The number of anilines is 1. The fourth-order valence-electron chi connectivity index (χ4n) is 4.15. The van der Waals surface area contributed by atoms with Gasteiger partial charge in [0.05, 0.1) is 24.8 Å². The lowest BCUT2D eigenvalue weighted by atomic mass is 9.94. The summed E-state index contributed by atoms with van der Waals surface area (Å²) in [5, 5.41) is 11.3. The Kier molecular flexibility index (Phi) is 6.41. The molecule has 0 radical (unpaired) electrons. The maximum absolute atomic E-state index is 13.3. The number of Topliss-reactive ketones (excluding diaryl/α,β-unsaturated/α-hetero) is 1. The Morgan fingerprint density at radius 1 is 0.971 bits per heavy atom. The van der Waals surface area contributed by atoms with Crippen molar-refractivity contribution in [2.24, 2.45) is 0 Å². The Hall–Kier alpha value is -4.06. The zero-order chi connectivity index (χ0) is 24.4. The standard InChI is InChI=1S/C28H27NO5/c1-17(2)34-23-14-13-20(15-18(23)3)26(30)24-25(19-9-8-12-22(16-19)33-4)29(28(32)27(24)31)21-10-6-5-7-11-21/h5-17,25,30H,1-4H3/b26-24+. The molecule has 6 nitrogen and oxygen atoms in total. The summed E-state index contributed by atoms with van der Waals surface area (Å²) in [6.07, 6.45) is 0.00223. The summed E-state index contributed by atoms with van der Waals surface area (Å²) in [6.45, 7) is 5.75. The van der Waals surface area contributed by atoms with Crippen molar-refractivity contribution in [1.29, 1.82) is 0 Å². The van der Waals surface area contributed by atoms with Gasteiger partial charge < -0.3 is 14.6 Å². The maximum atomic E-state index is 13.3. The number of aliphatic hydroxyl groups is 1. The smallest absolute Gasteiger partial charge is 0.300 e. The van der Waals surface area contributed by atoms with Gasteiger partial charge in [-0.25, -0.2) is 0 Å². The summed E-state index contributed by atoms with van der Waals surface area (Å²) in [7, 11) is 1.55. The second-order valence-electron chi connectivity index (χ2n) is 8.43. The quantitative estimate of drug-likeness (QED) is 0.304. The highest BCUT2D eigenvalue weighted by Gasteiger charge is 2.47. The van der Waals surface area contributed by atoms with E-state index in [1.165, 1.54) is 4.90 Å². The van der Waals surface area contributed by atoms with Crippen LogP contribution in [0.5, 0.6) is 11.5 Å². The van der Waals surface area contributed by atoms with Crippen LogP contribution in [-0.4, -0.2) is 30.0 Å². The lowest BCUT2D eigenvalue weighted by Crippen LogP contribution is -2.29. The van der Waals surface area contributed by atoms with E-state index >= 15 is 0 Å². The van der Waals surface area contributed by atoms with Crippen LogP contribution in [0.4, 0.5) is 5.69 Å². The fourth-order valence-corrected chi connectivity index (χ4v) is 4.15. The Morgan fingerprint density at radius 3 is 2.35 bits per heavy atom. The summed E-state index contributed by atoms with van der Waals surface area (Å²) < 4.78 is 11.2. The zero-order valence-corrected chi connectivity index (χ0v) is 19.6. The number of aliphatic hydroxyl groups excluding tert-OH is 1. The first kappa shape index (κ1) is 23.1. The number of ketones is 1. The Bertz CT molecular complexity index is 1260. The lowest BCUT2D eigenvalue weighted by Gasteiger charge is -2.25. The van der Waals surface area contributed by atoms with E-state index in [1.54, 1.807) is 67.8 Å². The maximum Gasteiger partial charge on any atom is 0.300 e. The molecule has 0 spiro atoms. The Labute approximate surface area is 199 Å². The predicted molar refractivity (Wildman–Crippen MR) is 131 cm³/mol. The molecule has 0 bridgehead atoms. The molecule has 3 aromatic rings. The van der Waals surface area contributed by atoms with Crippen LogP contribution in [0.1, 0.15) is 36.6 Å². The molecular formula is C28H27NO5. The summed E-state index contributed by atoms with van der Waals surface area (Å²) in [5.74, 6) is -0.391. The molecule has 1 N–H and O–H groups in total. The van der Waals surface area contributed by atoms with E-state index < -0.39 is 17.7 Å². The minimum Gasteiger partial charge on any atom is -0.507 e. The molecule has 174 valence electrons. The Morgan fingerprint density at radius 2 is 1.71 bits per heavy atom. The van der Waals surface area contributed by atoms with E-state index in [9.17, 15) is 14.7 Å². The largest absolute Gasteiger partial charge is 0.507 e. The highest BCUT2D eigenvalue weighted by Crippen LogP contribution is 2.43. The van der Waals surface area contributed by atoms with E-state index in [1.807, 2.05) is 32.9 Å². The van der Waals surface area contributed by atoms with Crippen LogP contribution in [0.2, 0.25) is 0 Å². The molecule has 1 atom stereocenters. The van der Waals surface area contributed by atoms with Gasteiger partial charge in [0.2, 0.25) is 0 Å². The van der Waals surface area contributed by atoms with Gasteiger partial charge in [-0.1, -0.05) is 30.3 Å². The minimum atomic E-state index is -0.815. The second kappa shape index (κ2) is 9.43. The monoisotopic (exact) mass is 457 g/mol. The van der Waals surface area contributed by atoms with Crippen LogP contribution in [-0.2, 0) is 9.59 Å². The van der Waals surface area contributed by atoms with Gasteiger partial charge in [-0.15, -0.1) is 0 Å². The molecule has 6 heteroatoms. The van der Waals surface area contributed by atoms with Gasteiger partial charge in [0.15, 0.2) is 0 Å². The number of nitrogens with zero attached hydrogens (tertiary/aromatic N) is 1. The van der Waals surface area contributed by atoms with Gasteiger partial charge in [-0.2, -0.15) is 0 Å². The van der Waals surface area contributed by atoms with Gasteiger partial charge in [-0.05, 0) is 74.4 Å². The highest BCUT2D eigenvalue weighted by molar-refractivity contribution is 6.51. The van der Waals surface area contributed by atoms with E-state index in [4.69, 9.17) is 9.47 Å². The number of amides is 1. The number of methoxy groups -OCH3 is 1. The number of hydrogen-bond acceptors (Lipinski definition) is 5. The van der Waals surface area contributed by atoms with Crippen molar-refractivity contribution in [1.82, 2.24) is 0 Å². The number of hydrogen-bond donors (Lipinski definition) is 1. The van der Waals surface area contributed by atoms with Crippen molar-refractivity contribution in [3.63, 3.8) is 0 Å². The molecule has 0 aromatic heterocycles. The number of benzene rings is 3. The van der Waals surface area contributed by atoms with Crippen molar-refractivity contribution in [2.75, 3.05) is 12.0 Å². The van der Waals surface area contributed by atoms with Crippen LogP contribution in [0.15, 0.2) is 78.4 Å². The average molecular weight is 458 g/mol. The molecule has 1 saturated heterocycles. The van der Waals surface area contributed by atoms with Crippen LogP contribution >= 0.6 is 0 Å². The van der Waals surface area contributed by atoms with Gasteiger partial charge in [0.25, 0.3) is 11.7 Å². The first-order valence-corrected chi connectivity index (χ1v) is 11.1. The van der Waals surface area contributed by atoms with Gasteiger partial charge in [0.1, 0.15) is 17.3 Å². The third-order valence-electron chi connectivity index (χ3n) is 5.70. The molecule has 1 heterocycles. The average Bonchev–Trinajstić information content (AvgIpc) is 3.10. The molecule has 0 aliphatic carbocycles. The van der Waals surface area contributed by atoms with E-state index in [0.717, 1.165) is 5.56 Å². The number of para-hydroxylation sites is 1. The SMILES string of the molecule is COc1cccc(C2/C(=C(\O)c3ccc(OC(C)C)c(C)c3)C(=O)C(=O)N2c2ccccc2)c1. The van der Waals surface area contributed by atoms with Gasteiger partial charge in [-0.3, -0.25) is 14.5 Å². The van der Waals surface area contributed by atoms with Crippen LogP contribution < -0.4 is 14.4 Å². The third kappa shape index (κ3) is 4.27. The van der Waals surface area contributed by atoms with Crippen molar-refractivity contribution < 1.29 is 24.2 Å². The fraction of sp³-hybridized carbons (Fsp3) is 0.214. The zero-order valence-electron chi connectivity index (χ0n) is 19.6. The molecular weight excluding hydrogens is 430 g/mol. The normalized spacial score (nSPS) is 17.3. The molecule has 0 saturated carbocycles. The summed E-state index contributed by atoms with van der Waals surface area (Å²) in [4.78, 5) is 27.9. The molecule has 1 aliphatic rings. The van der Waals surface area contributed by atoms with Crippen molar-refractivity contribution in [3.05, 3.63) is 95.1 Å². The molecule has 34 heavy (non-hydrogen) atoms. The number of ether oxygens (including phenoxy) is 2. The van der Waals surface area contributed by atoms with Crippen LogP contribution in [0.3, 0.4) is 0 Å². The molecule has 1 fully saturated rings. The highest BCUT2D eigenvalue weighted by atomic mass is 16.5. The first-order chi connectivity index (χ1) is 16.3. The topological polar surface area (TPSA) is 76.1 Å². The second-order valence-corrected chi connectivity index (χ2v) is 8.43. The van der Waals surface area contributed by atoms with Crippen LogP contribution in [0.25, 0.3) is 5.76 Å². The van der Waals surface area contributed by atoms with Crippen LogP contribution in [0, 0.1) is 6.92 Å². The first-order valence-electron chi connectivity index (χ1n) is 11.1. The van der Waals surface area contributed by atoms with E-state index in [2.05, 4.69) is 0 Å². The minimum absolute atomic E-state index is 0.00223. The van der Waals surface area contributed by atoms with Crippen molar-refractivity contribution in [2.45, 2.75) is 32.9 Å². The summed E-state index contributed by atoms with van der Waals surface area (Å²) in [5.41, 5.74) is 2.49. The van der Waals surface area contributed by atoms with Crippen molar-refractivity contribution >= 4 is 23.1 Å². The molecule has 3 aromatic carbocycles. The molecule has 1 aliphatic heterocycles. The number of rotatable bonds is 6. The summed E-state index contributed by atoms with van der Waals surface area (Å²) >= 11 is 0.